The summed E-state index contributed by atoms with van der Waals surface area (Å²) < 4.78 is 0. The number of carbonyl (C=O) groups is 1. The third-order valence-corrected chi connectivity index (χ3v) is 3.26. The Hall–Kier alpha value is -0.530. The van der Waals surface area contributed by atoms with Crippen molar-refractivity contribution < 1.29 is 4.79 Å². The molecule has 0 spiro atoms. The maximum Gasteiger partial charge on any atom is 0.220 e. The molecule has 1 aliphatic carbocycles. The van der Waals surface area contributed by atoms with E-state index in [4.69, 9.17) is 0 Å². The molecule has 1 saturated carbocycles. The van der Waals surface area contributed by atoms with Crippen LogP contribution in [0.3, 0.4) is 0 Å². The third-order valence-electron chi connectivity index (χ3n) is 3.26. The Labute approximate surface area is 93.8 Å². The highest BCUT2D eigenvalue weighted by atomic mass is 16.1. The molecule has 1 fully saturated rings. The summed E-state index contributed by atoms with van der Waals surface area (Å²) in [6, 6.07) is 0.491. The van der Waals surface area contributed by atoms with Crippen LogP contribution in [0, 0.1) is 17.3 Å². The van der Waals surface area contributed by atoms with Gasteiger partial charge in [-0.05, 0) is 30.1 Å². The summed E-state index contributed by atoms with van der Waals surface area (Å²) in [6.45, 7) is 11.1. The van der Waals surface area contributed by atoms with E-state index in [-0.39, 0.29) is 11.3 Å². The fourth-order valence-electron chi connectivity index (χ4n) is 2.26. The Bertz CT molecular complexity index is 223. The van der Waals surface area contributed by atoms with Crippen LogP contribution in [0.5, 0.6) is 0 Å². The van der Waals surface area contributed by atoms with Crippen LogP contribution in [-0.2, 0) is 4.79 Å². The van der Waals surface area contributed by atoms with E-state index in [0.717, 1.165) is 0 Å². The molecule has 1 rings (SSSR count). The quantitative estimate of drug-likeness (QED) is 0.761. The van der Waals surface area contributed by atoms with Gasteiger partial charge in [0.25, 0.3) is 0 Å². The van der Waals surface area contributed by atoms with E-state index in [1.165, 1.54) is 12.8 Å². The SMILES string of the molecule is CC(C)[C@H](CC(=O)NC1CC1)C(C)(C)C. The first-order chi connectivity index (χ1) is 6.80. The molecule has 0 unspecified atom stereocenters. The number of hydrogen-bond donors (Lipinski definition) is 1. The molecule has 0 aliphatic heterocycles. The zero-order valence-corrected chi connectivity index (χ0v) is 10.8. The minimum absolute atomic E-state index is 0.217. The second-order valence-electron chi connectivity index (χ2n) is 6.26. The van der Waals surface area contributed by atoms with Crippen molar-refractivity contribution >= 4 is 5.91 Å². The molecule has 0 aromatic carbocycles. The first-order valence-electron chi connectivity index (χ1n) is 6.10. The van der Waals surface area contributed by atoms with Crippen molar-refractivity contribution in [2.75, 3.05) is 0 Å². The van der Waals surface area contributed by atoms with Gasteiger partial charge in [-0.1, -0.05) is 34.6 Å². The van der Waals surface area contributed by atoms with E-state index < -0.39 is 0 Å². The zero-order chi connectivity index (χ0) is 11.6. The van der Waals surface area contributed by atoms with Crippen LogP contribution < -0.4 is 5.32 Å². The molecular formula is C13H25NO. The van der Waals surface area contributed by atoms with E-state index in [9.17, 15) is 4.79 Å². The number of hydrogen-bond acceptors (Lipinski definition) is 1. The van der Waals surface area contributed by atoms with Crippen molar-refractivity contribution in [3.63, 3.8) is 0 Å². The molecule has 15 heavy (non-hydrogen) atoms. The van der Waals surface area contributed by atoms with Gasteiger partial charge in [0.15, 0.2) is 0 Å². The van der Waals surface area contributed by atoms with Crippen LogP contribution in [0.4, 0.5) is 0 Å². The standard InChI is InChI=1S/C13H25NO/c1-9(2)11(13(3,4)5)8-12(15)14-10-6-7-10/h9-11H,6-8H2,1-5H3,(H,14,15)/t11-/m0/s1. The van der Waals surface area contributed by atoms with Gasteiger partial charge in [-0.25, -0.2) is 0 Å². The van der Waals surface area contributed by atoms with Gasteiger partial charge in [0.2, 0.25) is 5.91 Å². The molecule has 2 heteroatoms. The molecule has 88 valence electrons. The summed E-state index contributed by atoms with van der Waals surface area (Å²) in [5, 5.41) is 3.07. The van der Waals surface area contributed by atoms with E-state index in [1.807, 2.05) is 0 Å². The average Bonchev–Trinajstić information content (AvgIpc) is 2.81. The molecule has 0 aromatic heterocycles. The van der Waals surface area contributed by atoms with Crippen LogP contribution in [0.15, 0.2) is 0 Å². The molecular weight excluding hydrogens is 186 g/mol. The highest BCUT2D eigenvalue weighted by molar-refractivity contribution is 5.76. The summed E-state index contributed by atoms with van der Waals surface area (Å²) in [5.41, 5.74) is 0.217. The average molecular weight is 211 g/mol. The van der Waals surface area contributed by atoms with Crippen LogP contribution in [0.2, 0.25) is 0 Å². The van der Waals surface area contributed by atoms with Gasteiger partial charge in [-0.3, -0.25) is 4.79 Å². The molecule has 0 saturated heterocycles. The van der Waals surface area contributed by atoms with Crippen molar-refractivity contribution in [2.24, 2.45) is 17.3 Å². The van der Waals surface area contributed by atoms with Crippen molar-refractivity contribution in [2.45, 2.75) is 59.9 Å². The Morgan fingerprint density at radius 3 is 2.20 bits per heavy atom. The molecule has 0 radical (unpaired) electrons. The topological polar surface area (TPSA) is 29.1 Å². The Morgan fingerprint density at radius 1 is 1.33 bits per heavy atom. The van der Waals surface area contributed by atoms with Crippen molar-refractivity contribution in [3.8, 4) is 0 Å². The zero-order valence-electron chi connectivity index (χ0n) is 10.8. The van der Waals surface area contributed by atoms with Gasteiger partial charge in [-0.2, -0.15) is 0 Å². The van der Waals surface area contributed by atoms with Crippen LogP contribution in [-0.4, -0.2) is 11.9 Å². The number of carbonyl (C=O) groups excluding carboxylic acids is 1. The van der Waals surface area contributed by atoms with E-state index in [2.05, 4.69) is 39.9 Å². The predicted molar refractivity (Wildman–Crippen MR) is 63.6 cm³/mol. The normalized spacial score (nSPS) is 19.1. The predicted octanol–water partition coefficient (Wildman–Crippen LogP) is 2.97. The van der Waals surface area contributed by atoms with Crippen molar-refractivity contribution in [3.05, 3.63) is 0 Å². The molecule has 0 heterocycles. The van der Waals surface area contributed by atoms with Crippen LogP contribution >= 0.6 is 0 Å². The summed E-state index contributed by atoms with van der Waals surface area (Å²) in [5.74, 6) is 1.28. The third kappa shape index (κ3) is 4.23. The minimum atomic E-state index is 0.217. The van der Waals surface area contributed by atoms with Crippen molar-refractivity contribution in [1.29, 1.82) is 0 Å². The minimum Gasteiger partial charge on any atom is -0.353 e. The summed E-state index contributed by atoms with van der Waals surface area (Å²) in [7, 11) is 0. The van der Waals surface area contributed by atoms with Crippen LogP contribution in [0.1, 0.15) is 53.9 Å². The first kappa shape index (κ1) is 12.5. The summed E-state index contributed by atoms with van der Waals surface area (Å²) >= 11 is 0. The van der Waals surface area contributed by atoms with Gasteiger partial charge in [0.05, 0.1) is 0 Å². The van der Waals surface area contributed by atoms with Crippen LogP contribution in [0.25, 0.3) is 0 Å². The molecule has 1 aliphatic rings. The van der Waals surface area contributed by atoms with Gasteiger partial charge in [-0.15, -0.1) is 0 Å². The lowest BCUT2D eigenvalue weighted by atomic mass is 9.72. The second-order valence-corrected chi connectivity index (χ2v) is 6.26. The smallest absolute Gasteiger partial charge is 0.220 e. The Morgan fingerprint density at radius 2 is 1.87 bits per heavy atom. The number of rotatable bonds is 4. The molecule has 1 amide bonds. The monoisotopic (exact) mass is 211 g/mol. The summed E-state index contributed by atoms with van der Waals surface area (Å²) in [4.78, 5) is 11.7. The van der Waals surface area contributed by atoms with Gasteiger partial charge in [0.1, 0.15) is 0 Å². The molecule has 0 bridgehead atoms. The molecule has 1 N–H and O–H groups in total. The van der Waals surface area contributed by atoms with E-state index >= 15 is 0 Å². The maximum absolute atomic E-state index is 11.7. The number of nitrogens with one attached hydrogen (secondary N) is 1. The first-order valence-corrected chi connectivity index (χ1v) is 6.10. The largest absolute Gasteiger partial charge is 0.353 e. The highest BCUT2D eigenvalue weighted by Gasteiger charge is 2.31. The maximum atomic E-state index is 11.7. The lowest BCUT2D eigenvalue weighted by molar-refractivity contribution is -0.123. The fraction of sp³-hybridized carbons (Fsp3) is 0.923. The van der Waals surface area contributed by atoms with E-state index in [0.29, 0.717) is 24.3 Å². The highest BCUT2D eigenvalue weighted by Crippen LogP contribution is 2.34. The van der Waals surface area contributed by atoms with Gasteiger partial charge < -0.3 is 5.32 Å². The molecule has 1 atom stereocenters. The second kappa shape index (κ2) is 4.54. The van der Waals surface area contributed by atoms with Gasteiger partial charge >= 0.3 is 0 Å². The summed E-state index contributed by atoms with van der Waals surface area (Å²) in [6.07, 6.45) is 3.03. The van der Waals surface area contributed by atoms with Crippen molar-refractivity contribution in [1.82, 2.24) is 5.32 Å². The number of amides is 1. The van der Waals surface area contributed by atoms with E-state index in [1.54, 1.807) is 0 Å². The van der Waals surface area contributed by atoms with Gasteiger partial charge in [0, 0.05) is 12.5 Å². The fourth-order valence-corrected chi connectivity index (χ4v) is 2.26. The molecule has 2 nitrogen and oxygen atoms in total. The molecule has 0 aromatic rings. The lowest BCUT2D eigenvalue weighted by Crippen LogP contribution is -2.34. The Kier molecular flexibility index (Phi) is 3.80. The Balaban J connectivity index is 2.46. The lowest BCUT2D eigenvalue weighted by Gasteiger charge is -2.33.